The number of hydrogen-bond acceptors (Lipinski definition) is 4. The van der Waals surface area contributed by atoms with Crippen LogP contribution in [-0.2, 0) is 16.0 Å². The van der Waals surface area contributed by atoms with E-state index in [2.05, 4.69) is 26.1 Å². The number of carbonyl (C=O) groups excluding carboxylic acids is 2. The molecular weight excluding hydrogens is 348 g/mol. The Morgan fingerprint density at radius 1 is 1.00 bits per heavy atom. The van der Waals surface area contributed by atoms with Crippen LogP contribution in [0.5, 0.6) is 0 Å². The lowest BCUT2D eigenvalue weighted by molar-refractivity contribution is -0.134. The van der Waals surface area contributed by atoms with Crippen molar-refractivity contribution in [2.24, 2.45) is 17.1 Å². The first kappa shape index (κ1) is 24.5. The van der Waals surface area contributed by atoms with Crippen LogP contribution in [0.25, 0.3) is 0 Å². The van der Waals surface area contributed by atoms with Gasteiger partial charge in [0.2, 0.25) is 0 Å². The summed E-state index contributed by atoms with van der Waals surface area (Å²) in [4.78, 5) is 26.2. The van der Waals surface area contributed by atoms with Crippen molar-refractivity contribution >= 4 is 11.6 Å². The number of benzene rings is 1. The second-order valence-electron chi connectivity index (χ2n) is 9.90. The van der Waals surface area contributed by atoms with Crippen molar-refractivity contribution < 1.29 is 9.59 Å². The van der Waals surface area contributed by atoms with Crippen molar-refractivity contribution in [1.82, 2.24) is 5.32 Å². The molecule has 0 aliphatic carbocycles. The molecule has 0 heterocycles. The van der Waals surface area contributed by atoms with Gasteiger partial charge in [-0.2, -0.15) is 0 Å². The summed E-state index contributed by atoms with van der Waals surface area (Å²) in [5, 5.41) is 3.47. The van der Waals surface area contributed by atoms with E-state index in [1.54, 1.807) is 0 Å². The average Bonchev–Trinajstić information content (AvgIpc) is 2.58. The van der Waals surface area contributed by atoms with Crippen LogP contribution in [0.4, 0.5) is 0 Å². The fourth-order valence-electron chi connectivity index (χ4n) is 3.48. The zero-order valence-electron chi connectivity index (χ0n) is 18.7. The quantitative estimate of drug-likeness (QED) is 0.554. The lowest BCUT2D eigenvalue weighted by Crippen LogP contribution is -2.49. The molecule has 1 aromatic carbocycles. The number of carbonyl (C=O) groups is 2. The second-order valence-corrected chi connectivity index (χ2v) is 9.90. The van der Waals surface area contributed by atoms with Gasteiger partial charge in [0, 0.05) is 23.3 Å². The number of rotatable bonds is 11. The molecule has 2 atom stereocenters. The van der Waals surface area contributed by atoms with Gasteiger partial charge in [0.05, 0.1) is 6.04 Å². The van der Waals surface area contributed by atoms with Crippen molar-refractivity contribution in [2.45, 2.75) is 85.2 Å². The summed E-state index contributed by atoms with van der Waals surface area (Å²) in [6.45, 7) is 12.6. The SMILES string of the molecule is CC(C)(C)NC(Cc1ccccc1)C(=O)C[C@@H](CCCCN)C(=O)C(C)(C)C. The predicted molar refractivity (Wildman–Crippen MR) is 117 cm³/mol. The molecule has 1 unspecified atom stereocenters. The van der Waals surface area contributed by atoms with Crippen molar-refractivity contribution in [2.75, 3.05) is 6.54 Å². The minimum absolute atomic E-state index is 0.120. The van der Waals surface area contributed by atoms with Gasteiger partial charge in [0.15, 0.2) is 5.78 Å². The first-order valence-corrected chi connectivity index (χ1v) is 10.5. The molecule has 4 nitrogen and oxygen atoms in total. The molecule has 1 aromatic rings. The maximum Gasteiger partial charge on any atom is 0.150 e. The van der Waals surface area contributed by atoms with Gasteiger partial charge in [-0.3, -0.25) is 9.59 Å². The highest BCUT2D eigenvalue weighted by molar-refractivity contribution is 5.92. The van der Waals surface area contributed by atoms with Gasteiger partial charge >= 0.3 is 0 Å². The van der Waals surface area contributed by atoms with Crippen molar-refractivity contribution in [1.29, 1.82) is 0 Å². The fourth-order valence-corrected chi connectivity index (χ4v) is 3.48. The first-order valence-electron chi connectivity index (χ1n) is 10.5. The van der Waals surface area contributed by atoms with Crippen LogP contribution in [0.1, 0.15) is 72.8 Å². The monoisotopic (exact) mass is 388 g/mol. The maximum absolute atomic E-state index is 13.3. The molecule has 4 heteroatoms. The third kappa shape index (κ3) is 9.11. The van der Waals surface area contributed by atoms with Crippen LogP contribution < -0.4 is 11.1 Å². The molecule has 0 aromatic heterocycles. The summed E-state index contributed by atoms with van der Waals surface area (Å²) in [7, 11) is 0. The molecule has 0 radical (unpaired) electrons. The van der Waals surface area contributed by atoms with E-state index in [1.807, 2.05) is 51.1 Å². The molecule has 0 saturated heterocycles. The third-order valence-electron chi connectivity index (χ3n) is 4.84. The average molecular weight is 389 g/mol. The number of nitrogens with two attached hydrogens (primary N) is 1. The van der Waals surface area contributed by atoms with E-state index in [4.69, 9.17) is 5.73 Å². The normalized spacial score (nSPS) is 14.5. The van der Waals surface area contributed by atoms with Crippen molar-refractivity contribution in [3.8, 4) is 0 Å². The Balaban J connectivity index is 2.97. The van der Waals surface area contributed by atoms with E-state index < -0.39 is 5.41 Å². The molecule has 0 bridgehead atoms. The Labute approximate surface area is 171 Å². The summed E-state index contributed by atoms with van der Waals surface area (Å²) < 4.78 is 0. The number of nitrogens with one attached hydrogen (secondary N) is 1. The van der Waals surface area contributed by atoms with E-state index in [-0.39, 0.29) is 29.1 Å². The predicted octanol–water partition coefficient (Wildman–Crippen LogP) is 4.31. The highest BCUT2D eigenvalue weighted by Crippen LogP contribution is 2.27. The van der Waals surface area contributed by atoms with Crippen molar-refractivity contribution in [3.63, 3.8) is 0 Å². The number of ketones is 2. The Kier molecular flexibility index (Phi) is 9.52. The number of hydrogen-bond donors (Lipinski definition) is 2. The lowest BCUT2D eigenvalue weighted by Gasteiger charge is -2.30. The third-order valence-corrected chi connectivity index (χ3v) is 4.84. The minimum atomic E-state index is -0.444. The number of unbranched alkanes of at least 4 members (excludes halogenated alkanes) is 1. The molecule has 0 spiro atoms. The van der Waals surface area contributed by atoms with E-state index >= 15 is 0 Å². The minimum Gasteiger partial charge on any atom is -0.330 e. The Hall–Kier alpha value is -1.52. The van der Waals surface area contributed by atoms with Gasteiger partial charge in [-0.15, -0.1) is 0 Å². The van der Waals surface area contributed by atoms with Crippen LogP contribution in [0.2, 0.25) is 0 Å². The highest BCUT2D eigenvalue weighted by Gasteiger charge is 2.33. The zero-order valence-corrected chi connectivity index (χ0v) is 18.7. The smallest absolute Gasteiger partial charge is 0.150 e. The summed E-state index contributed by atoms with van der Waals surface area (Å²) in [6, 6.07) is 9.76. The van der Waals surface area contributed by atoms with Gasteiger partial charge in [0.1, 0.15) is 5.78 Å². The molecule has 0 aliphatic heterocycles. The summed E-state index contributed by atoms with van der Waals surface area (Å²) in [5.74, 6) is 0.0558. The van der Waals surface area contributed by atoms with E-state index in [9.17, 15) is 9.59 Å². The van der Waals surface area contributed by atoms with Crippen LogP contribution in [0.15, 0.2) is 30.3 Å². The Morgan fingerprint density at radius 3 is 2.11 bits per heavy atom. The summed E-state index contributed by atoms with van der Waals surface area (Å²) in [6.07, 6.45) is 3.42. The van der Waals surface area contributed by atoms with E-state index in [0.29, 0.717) is 19.4 Å². The highest BCUT2D eigenvalue weighted by atomic mass is 16.1. The van der Waals surface area contributed by atoms with Gasteiger partial charge in [-0.1, -0.05) is 57.5 Å². The van der Waals surface area contributed by atoms with Gasteiger partial charge in [0.25, 0.3) is 0 Å². The molecule has 0 amide bonds. The first-order chi connectivity index (χ1) is 12.9. The Morgan fingerprint density at radius 2 is 1.61 bits per heavy atom. The molecule has 0 saturated carbocycles. The van der Waals surface area contributed by atoms with Crippen LogP contribution in [-0.4, -0.2) is 29.7 Å². The van der Waals surface area contributed by atoms with Gasteiger partial charge in [-0.25, -0.2) is 0 Å². The van der Waals surface area contributed by atoms with Crippen LogP contribution >= 0.6 is 0 Å². The van der Waals surface area contributed by atoms with Gasteiger partial charge < -0.3 is 11.1 Å². The molecule has 0 fully saturated rings. The Bertz CT molecular complexity index is 612. The maximum atomic E-state index is 13.3. The summed E-state index contributed by atoms with van der Waals surface area (Å²) >= 11 is 0. The standard InChI is InChI=1S/C24H40N2O2/c1-23(2,3)22(28)19(14-10-11-15-25)17-21(27)20(26-24(4,5)6)16-18-12-8-7-9-13-18/h7-9,12-13,19-20,26H,10-11,14-17,25H2,1-6H3/t19-,20?/m1/s1. The molecule has 0 aliphatic rings. The molecule has 158 valence electrons. The second kappa shape index (κ2) is 10.9. The van der Waals surface area contributed by atoms with Gasteiger partial charge in [-0.05, 0) is 52.1 Å². The fraction of sp³-hybridized carbons (Fsp3) is 0.667. The van der Waals surface area contributed by atoms with E-state index in [1.165, 1.54) is 0 Å². The van der Waals surface area contributed by atoms with E-state index in [0.717, 1.165) is 24.8 Å². The largest absolute Gasteiger partial charge is 0.330 e. The zero-order chi connectivity index (χ0) is 21.4. The number of Topliss-reactive ketones (excluding diaryl/α,β-unsaturated/α-hetero) is 2. The summed E-state index contributed by atoms with van der Waals surface area (Å²) in [5.41, 5.74) is 6.12. The van der Waals surface area contributed by atoms with Crippen molar-refractivity contribution in [3.05, 3.63) is 35.9 Å². The lowest BCUT2D eigenvalue weighted by atomic mass is 9.78. The topological polar surface area (TPSA) is 72.2 Å². The van der Waals surface area contributed by atoms with Crippen LogP contribution in [0, 0.1) is 11.3 Å². The molecular formula is C24H40N2O2. The van der Waals surface area contributed by atoms with Crippen LogP contribution in [0.3, 0.4) is 0 Å². The molecule has 1 rings (SSSR count). The molecule has 3 N–H and O–H groups in total. The molecule has 28 heavy (non-hydrogen) atoms.